The van der Waals surface area contributed by atoms with Crippen LogP contribution in [-0.2, 0) is 0 Å². The molecule has 0 N–H and O–H groups in total. The monoisotopic (exact) mass is 320 g/mol. The Bertz CT molecular complexity index is 965. The van der Waals surface area contributed by atoms with Gasteiger partial charge in [0.2, 0.25) is 5.89 Å². The number of benzene rings is 2. The fourth-order valence-electron chi connectivity index (χ4n) is 2.64. The summed E-state index contributed by atoms with van der Waals surface area (Å²) in [5.74, 6) is 1.92. The van der Waals surface area contributed by atoms with Gasteiger partial charge in [-0.3, -0.25) is 0 Å². The van der Waals surface area contributed by atoms with Gasteiger partial charge >= 0.3 is 0 Å². The first-order valence-electron chi connectivity index (χ1n) is 7.54. The van der Waals surface area contributed by atoms with E-state index in [0.29, 0.717) is 17.4 Å². The fraction of sp³-hybridized carbons (Fsp3) is 0.105. The summed E-state index contributed by atoms with van der Waals surface area (Å²) in [5.41, 5.74) is 3.39. The summed E-state index contributed by atoms with van der Waals surface area (Å²) in [6.07, 6.45) is 3.99. The highest BCUT2D eigenvalue weighted by molar-refractivity contribution is 5.78. The van der Waals surface area contributed by atoms with E-state index in [1.54, 1.807) is 14.2 Å². The van der Waals surface area contributed by atoms with Crippen LogP contribution in [0.3, 0.4) is 0 Å². The second-order valence-electron chi connectivity index (χ2n) is 5.36. The van der Waals surface area contributed by atoms with Gasteiger partial charge in [0, 0.05) is 29.7 Å². The summed E-state index contributed by atoms with van der Waals surface area (Å²) in [6.45, 7) is 0. The van der Waals surface area contributed by atoms with E-state index < -0.39 is 0 Å². The van der Waals surface area contributed by atoms with Crippen molar-refractivity contribution in [2.45, 2.75) is 0 Å². The second-order valence-corrected chi connectivity index (χ2v) is 5.36. The Morgan fingerprint density at radius 1 is 0.917 bits per heavy atom. The van der Waals surface area contributed by atoms with Crippen molar-refractivity contribution in [3.63, 3.8) is 0 Å². The third kappa shape index (κ3) is 2.50. The van der Waals surface area contributed by atoms with Crippen molar-refractivity contribution in [2.24, 2.45) is 0 Å². The lowest BCUT2D eigenvalue weighted by Crippen LogP contribution is -1.89. The van der Waals surface area contributed by atoms with Gasteiger partial charge in [0.15, 0.2) is 5.58 Å². The van der Waals surface area contributed by atoms with Crippen LogP contribution in [0.5, 0.6) is 11.5 Å². The first-order valence-corrected chi connectivity index (χ1v) is 7.54. The molecule has 0 radical (unpaired) electrons. The zero-order valence-electron chi connectivity index (χ0n) is 13.4. The van der Waals surface area contributed by atoms with E-state index in [9.17, 15) is 0 Å². The summed E-state index contributed by atoms with van der Waals surface area (Å²) in [4.78, 5) is 4.61. The molecule has 120 valence electrons. The highest BCUT2D eigenvalue weighted by Gasteiger charge is 2.12. The Hall–Kier alpha value is -3.21. The van der Waals surface area contributed by atoms with Crippen molar-refractivity contribution in [3.05, 3.63) is 60.9 Å². The molecule has 2 aromatic carbocycles. The lowest BCUT2D eigenvalue weighted by molar-refractivity contribution is 0.394. The van der Waals surface area contributed by atoms with E-state index in [2.05, 4.69) is 4.98 Å². The van der Waals surface area contributed by atoms with Gasteiger partial charge < -0.3 is 18.5 Å². The van der Waals surface area contributed by atoms with Gasteiger partial charge in [-0.1, -0.05) is 0 Å². The second kappa shape index (κ2) is 5.77. The molecule has 2 heterocycles. The quantitative estimate of drug-likeness (QED) is 0.562. The van der Waals surface area contributed by atoms with Crippen LogP contribution >= 0.6 is 0 Å². The Labute approximate surface area is 139 Å². The van der Waals surface area contributed by atoms with Crippen LogP contribution in [0.25, 0.3) is 28.2 Å². The lowest BCUT2D eigenvalue weighted by Gasteiger charge is -2.05. The number of hydrogen-bond acceptors (Lipinski definition) is 4. The SMILES string of the molecule is COc1cc(OC)cc(-c2nc3cc(-n4cccc4)ccc3o2)c1. The minimum atomic E-state index is 0.534. The molecule has 0 aliphatic carbocycles. The molecule has 0 saturated heterocycles. The van der Waals surface area contributed by atoms with Crippen LogP contribution in [-0.4, -0.2) is 23.8 Å². The largest absolute Gasteiger partial charge is 0.497 e. The predicted octanol–water partition coefficient (Wildman–Crippen LogP) is 4.30. The molecule has 0 saturated carbocycles. The van der Waals surface area contributed by atoms with E-state index in [1.165, 1.54) is 0 Å². The number of fused-ring (bicyclic) bond motifs is 1. The normalized spacial score (nSPS) is 10.9. The molecule has 5 heteroatoms. The van der Waals surface area contributed by atoms with Crippen molar-refractivity contribution in [2.75, 3.05) is 14.2 Å². The maximum Gasteiger partial charge on any atom is 0.227 e. The zero-order chi connectivity index (χ0) is 16.5. The van der Waals surface area contributed by atoms with Gasteiger partial charge in [-0.25, -0.2) is 4.98 Å². The molecule has 0 bridgehead atoms. The number of rotatable bonds is 4. The third-order valence-corrected chi connectivity index (χ3v) is 3.87. The van der Waals surface area contributed by atoms with Crippen LogP contribution in [0.1, 0.15) is 0 Å². The van der Waals surface area contributed by atoms with Gasteiger partial charge in [0.1, 0.15) is 17.0 Å². The van der Waals surface area contributed by atoms with E-state index in [1.807, 2.05) is 65.5 Å². The van der Waals surface area contributed by atoms with Crippen molar-refractivity contribution in [1.29, 1.82) is 0 Å². The Kier molecular flexibility index (Phi) is 3.46. The van der Waals surface area contributed by atoms with Crippen molar-refractivity contribution < 1.29 is 13.9 Å². The van der Waals surface area contributed by atoms with E-state index in [0.717, 1.165) is 22.4 Å². The lowest BCUT2D eigenvalue weighted by atomic mass is 10.2. The molecule has 24 heavy (non-hydrogen) atoms. The zero-order valence-corrected chi connectivity index (χ0v) is 13.4. The topological polar surface area (TPSA) is 49.4 Å². The fourth-order valence-corrected chi connectivity index (χ4v) is 2.64. The summed E-state index contributed by atoms with van der Waals surface area (Å²) in [7, 11) is 3.24. The van der Waals surface area contributed by atoms with E-state index >= 15 is 0 Å². The summed E-state index contributed by atoms with van der Waals surface area (Å²) in [6, 6.07) is 15.5. The van der Waals surface area contributed by atoms with Crippen LogP contribution in [0.2, 0.25) is 0 Å². The molecular formula is C19H16N2O3. The van der Waals surface area contributed by atoms with Crippen LogP contribution in [0.4, 0.5) is 0 Å². The van der Waals surface area contributed by atoms with Crippen molar-refractivity contribution >= 4 is 11.1 Å². The predicted molar refractivity (Wildman–Crippen MR) is 91.9 cm³/mol. The van der Waals surface area contributed by atoms with E-state index in [-0.39, 0.29) is 0 Å². The third-order valence-electron chi connectivity index (χ3n) is 3.87. The molecule has 4 rings (SSSR count). The number of aromatic nitrogens is 2. The van der Waals surface area contributed by atoms with Gasteiger partial charge in [-0.05, 0) is 42.5 Å². The molecule has 2 aromatic heterocycles. The highest BCUT2D eigenvalue weighted by Crippen LogP contribution is 2.31. The number of hydrogen-bond donors (Lipinski definition) is 0. The summed E-state index contributed by atoms with van der Waals surface area (Å²) < 4.78 is 18.5. The number of ether oxygens (including phenoxy) is 2. The Morgan fingerprint density at radius 3 is 2.29 bits per heavy atom. The summed E-state index contributed by atoms with van der Waals surface area (Å²) >= 11 is 0. The molecule has 0 aliphatic rings. The number of methoxy groups -OCH3 is 2. The standard InChI is InChI=1S/C19H16N2O3/c1-22-15-9-13(10-16(12-15)23-2)19-20-17-11-14(5-6-18(17)24-19)21-7-3-4-8-21/h3-12H,1-2H3. The van der Waals surface area contributed by atoms with Gasteiger partial charge in [0.25, 0.3) is 0 Å². The number of oxazole rings is 1. The molecule has 0 spiro atoms. The minimum absolute atomic E-state index is 0.534. The van der Waals surface area contributed by atoms with Crippen LogP contribution < -0.4 is 9.47 Å². The molecule has 0 atom stereocenters. The highest BCUT2D eigenvalue weighted by atomic mass is 16.5. The molecule has 0 unspecified atom stereocenters. The van der Waals surface area contributed by atoms with Crippen molar-refractivity contribution in [3.8, 4) is 28.6 Å². The molecule has 0 fully saturated rings. The maximum atomic E-state index is 5.89. The average molecular weight is 320 g/mol. The first kappa shape index (κ1) is 14.4. The molecule has 5 nitrogen and oxygen atoms in total. The van der Waals surface area contributed by atoms with E-state index in [4.69, 9.17) is 13.9 Å². The Morgan fingerprint density at radius 2 is 1.62 bits per heavy atom. The molecule has 0 aliphatic heterocycles. The average Bonchev–Trinajstić information content (AvgIpc) is 3.29. The van der Waals surface area contributed by atoms with Gasteiger partial charge in [0.05, 0.1) is 14.2 Å². The van der Waals surface area contributed by atoms with Crippen molar-refractivity contribution in [1.82, 2.24) is 9.55 Å². The molecular weight excluding hydrogens is 304 g/mol. The Balaban J connectivity index is 1.80. The maximum absolute atomic E-state index is 5.89. The van der Waals surface area contributed by atoms with Gasteiger partial charge in [-0.15, -0.1) is 0 Å². The van der Waals surface area contributed by atoms with Crippen LogP contribution in [0, 0.1) is 0 Å². The summed E-state index contributed by atoms with van der Waals surface area (Å²) in [5, 5.41) is 0. The smallest absolute Gasteiger partial charge is 0.227 e. The molecule has 4 aromatic rings. The van der Waals surface area contributed by atoms with Gasteiger partial charge in [-0.2, -0.15) is 0 Å². The first-order chi connectivity index (χ1) is 11.8. The molecule has 0 amide bonds. The minimum Gasteiger partial charge on any atom is -0.497 e. The number of nitrogens with zero attached hydrogens (tertiary/aromatic N) is 2. The van der Waals surface area contributed by atoms with Crippen LogP contribution in [0.15, 0.2) is 65.3 Å².